The van der Waals surface area contributed by atoms with Gasteiger partial charge in [-0.15, -0.1) is 23.1 Å². The van der Waals surface area contributed by atoms with Gasteiger partial charge in [-0.1, -0.05) is 34.1 Å². The van der Waals surface area contributed by atoms with Crippen molar-refractivity contribution in [2.75, 3.05) is 5.73 Å². The third-order valence-corrected chi connectivity index (χ3v) is 5.42. The highest BCUT2D eigenvalue weighted by Gasteiger charge is 2.06. The molecule has 0 aliphatic carbocycles. The van der Waals surface area contributed by atoms with Crippen molar-refractivity contribution in [1.82, 2.24) is 4.98 Å². The maximum atomic E-state index is 5.82. The summed E-state index contributed by atoms with van der Waals surface area (Å²) in [4.78, 5) is 5.93. The van der Waals surface area contributed by atoms with Gasteiger partial charge in [0.25, 0.3) is 0 Å². The summed E-state index contributed by atoms with van der Waals surface area (Å²) in [5.74, 6) is 0.878. The quantitative estimate of drug-likeness (QED) is 0.486. The highest BCUT2D eigenvalue weighted by Crippen LogP contribution is 2.29. The molecule has 0 unspecified atom stereocenters. The number of aromatic nitrogens is 1. The molecule has 2 aromatic carbocycles. The van der Waals surface area contributed by atoms with Crippen molar-refractivity contribution in [2.45, 2.75) is 10.6 Å². The Kier molecular flexibility index (Phi) is 4.63. The molecule has 2 nitrogen and oxygen atoms in total. The lowest BCUT2D eigenvalue weighted by Gasteiger charge is -2.00. The van der Waals surface area contributed by atoms with Crippen molar-refractivity contribution in [2.24, 2.45) is 0 Å². The normalized spacial score (nSPS) is 10.7. The Morgan fingerprint density at radius 1 is 1.14 bits per heavy atom. The molecule has 1 aromatic heterocycles. The second-order valence-corrected chi connectivity index (χ2v) is 7.41. The lowest BCUT2D eigenvalue weighted by Crippen LogP contribution is -1.86. The molecule has 106 valence electrons. The first-order valence-corrected chi connectivity index (χ1v) is 9.05. The van der Waals surface area contributed by atoms with Gasteiger partial charge in [0.1, 0.15) is 5.01 Å². The predicted octanol–water partition coefficient (Wildman–Crippen LogP) is 5.45. The SMILES string of the molecule is Nc1cccc(-c2csc(CSc3cccc(Br)c3)n2)c1. The van der Waals surface area contributed by atoms with Crippen LogP contribution in [0.15, 0.2) is 63.3 Å². The second kappa shape index (κ2) is 6.64. The number of thiazole rings is 1. The first-order valence-electron chi connectivity index (χ1n) is 6.39. The van der Waals surface area contributed by atoms with Crippen LogP contribution in [0.1, 0.15) is 5.01 Å². The lowest BCUT2D eigenvalue weighted by atomic mass is 10.1. The van der Waals surface area contributed by atoms with E-state index in [4.69, 9.17) is 5.73 Å². The zero-order valence-electron chi connectivity index (χ0n) is 11.1. The van der Waals surface area contributed by atoms with Crippen molar-refractivity contribution >= 4 is 44.7 Å². The number of nitrogens with two attached hydrogens (primary N) is 1. The Balaban J connectivity index is 1.71. The van der Waals surface area contributed by atoms with Gasteiger partial charge < -0.3 is 5.73 Å². The van der Waals surface area contributed by atoms with E-state index in [0.29, 0.717) is 0 Å². The molecule has 0 radical (unpaired) electrons. The average molecular weight is 377 g/mol. The molecule has 0 saturated heterocycles. The fourth-order valence-corrected chi connectivity index (χ4v) is 4.24. The molecule has 5 heteroatoms. The number of rotatable bonds is 4. The van der Waals surface area contributed by atoms with Crippen molar-refractivity contribution in [3.05, 3.63) is 63.4 Å². The Labute approximate surface area is 140 Å². The summed E-state index contributed by atoms with van der Waals surface area (Å²) in [6.07, 6.45) is 0. The fourth-order valence-electron chi connectivity index (χ4n) is 1.91. The summed E-state index contributed by atoms with van der Waals surface area (Å²) in [6, 6.07) is 16.2. The van der Waals surface area contributed by atoms with Crippen LogP contribution in [0.5, 0.6) is 0 Å². The Morgan fingerprint density at radius 2 is 2.00 bits per heavy atom. The molecule has 21 heavy (non-hydrogen) atoms. The minimum atomic E-state index is 0.769. The van der Waals surface area contributed by atoms with Crippen LogP contribution in [0.3, 0.4) is 0 Å². The van der Waals surface area contributed by atoms with Crippen molar-refractivity contribution in [3.63, 3.8) is 0 Å². The van der Waals surface area contributed by atoms with E-state index in [9.17, 15) is 0 Å². The number of anilines is 1. The van der Waals surface area contributed by atoms with Gasteiger partial charge in [0.05, 0.1) is 11.4 Å². The first kappa shape index (κ1) is 14.6. The van der Waals surface area contributed by atoms with Gasteiger partial charge >= 0.3 is 0 Å². The highest BCUT2D eigenvalue weighted by molar-refractivity contribution is 9.10. The van der Waals surface area contributed by atoms with Gasteiger partial charge in [-0.2, -0.15) is 0 Å². The molecule has 2 N–H and O–H groups in total. The van der Waals surface area contributed by atoms with Crippen molar-refractivity contribution in [1.29, 1.82) is 0 Å². The summed E-state index contributed by atoms with van der Waals surface area (Å²) in [7, 11) is 0. The van der Waals surface area contributed by atoms with Crippen LogP contribution < -0.4 is 5.73 Å². The molecular formula is C16H13BrN2S2. The molecule has 1 heterocycles. The van der Waals surface area contributed by atoms with Gasteiger partial charge in [0, 0.05) is 26.0 Å². The zero-order valence-corrected chi connectivity index (χ0v) is 14.3. The predicted molar refractivity (Wildman–Crippen MR) is 95.7 cm³/mol. The number of thioether (sulfide) groups is 1. The van der Waals surface area contributed by atoms with Gasteiger partial charge in [0.2, 0.25) is 0 Å². The van der Waals surface area contributed by atoms with Crippen molar-refractivity contribution < 1.29 is 0 Å². The number of benzene rings is 2. The monoisotopic (exact) mass is 376 g/mol. The Hall–Kier alpha value is -1.30. The molecule has 0 bridgehead atoms. The fraction of sp³-hybridized carbons (Fsp3) is 0.0625. The van der Waals surface area contributed by atoms with Crippen LogP contribution in [0, 0.1) is 0 Å². The largest absolute Gasteiger partial charge is 0.399 e. The first-order chi connectivity index (χ1) is 10.2. The average Bonchev–Trinajstić information content (AvgIpc) is 2.94. The smallest absolute Gasteiger partial charge is 0.104 e. The molecule has 0 spiro atoms. The van der Waals surface area contributed by atoms with Crippen LogP contribution in [-0.2, 0) is 5.75 Å². The number of nitrogen functional groups attached to an aromatic ring is 1. The summed E-state index contributed by atoms with van der Waals surface area (Å²) < 4.78 is 1.10. The molecule has 0 saturated carbocycles. The van der Waals surface area contributed by atoms with E-state index in [1.54, 1.807) is 23.1 Å². The Morgan fingerprint density at radius 3 is 2.81 bits per heavy atom. The van der Waals surface area contributed by atoms with E-state index in [2.05, 4.69) is 38.4 Å². The van der Waals surface area contributed by atoms with Crippen LogP contribution in [0.25, 0.3) is 11.3 Å². The minimum Gasteiger partial charge on any atom is -0.399 e. The molecule has 0 aliphatic rings. The van der Waals surface area contributed by atoms with Crippen LogP contribution in [0.2, 0.25) is 0 Å². The van der Waals surface area contributed by atoms with E-state index in [0.717, 1.165) is 32.2 Å². The second-order valence-electron chi connectivity index (χ2n) is 4.50. The lowest BCUT2D eigenvalue weighted by molar-refractivity contribution is 1.26. The highest BCUT2D eigenvalue weighted by atomic mass is 79.9. The minimum absolute atomic E-state index is 0.769. The molecule has 3 aromatic rings. The number of hydrogen-bond acceptors (Lipinski definition) is 4. The standard InChI is InChI=1S/C16H13BrN2S2/c17-12-4-2-6-14(8-12)20-10-16-19-15(9-21-16)11-3-1-5-13(18)7-11/h1-9H,10,18H2. The maximum absolute atomic E-state index is 5.82. The number of hydrogen-bond donors (Lipinski definition) is 1. The summed E-state index contributed by atoms with van der Waals surface area (Å²) in [5.41, 5.74) is 8.66. The third kappa shape index (κ3) is 3.87. The van der Waals surface area contributed by atoms with Gasteiger partial charge in [-0.3, -0.25) is 0 Å². The molecular weight excluding hydrogens is 364 g/mol. The topological polar surface area (TPSA) is 38.9 Å². The van der Waals surface area contributed by atoms with Gasteiger partial charge in [-0.25, -0.2) is 4.98 Å². The van der Waals surface area contributed by atoms with Crippen LogP contribution in [0.4, 0.5) is 5.69 Å². The third-order valence-electron chi connectivity index (χ3n) is 2.89. The molecule has 3 rings (SSSR count). The summed E-state index contributed by atoms with van der Waals surface area (Å²) in [6.45, 7) is 0. The van der Waals surface area contributed by atoms with E-state index in [-0.39, 0.29) is 0 Å². The number of nitrogens with zero attached hydrogens (tertiary/aromatic N) is 1. The maximum Gasteiger partial charge on any atom is 0.104 e. The van der Waals surface area contributed by atoms with Crippen LogP contribution in [-0.4, -0.2) is 4.98 Å². The van der Waals surface area contributed by atoms with E-state index < -0.39 is 0 Å². The van der Waals surface area contributed by atoms with Gasteiger partial charge in [-0.05, 0) is 30.3 Å². The molecule has 0 atom stereocenters. The molecule has 0 fully saturated rings. The zero-order chi connectivity index (χ0) is 14.7. The van der Waals surface area contributed by atoms with E-state index in [1.165, 1.54) is 4.90 Å². The van der Waals surface area contributed by atoms with E-state index in [1.807, 2.05) is 36.4 Å². The van der Waals surface area contributed by atoms with E-state index >= 15 is 0 Å². The summed E-state index contributed by atoms with van der Waals surface area (Å²) >= 11 is 6.97. The number of halogens is 1. The van der Waals surface area contributed by atoms with Gasteiger partial charge in [0.15, 0.2) is 0 Å². The molecule has 0 amide bonds. The Bertz CT molecular complexity index is 755. The van der Waals surface area contributed by atoms with Crippen LogP contribution >= 0.6 is 39.0 Å². The summed E-state index contributed by atoms with van der Waals surface area (Å²) in [5, 5.41) is 3.21. The van der Waals surface area contributed by atoms with Crippen molar-refractivity contribution in [3.8, 4) is 11.3 Å². The molecule has 0 aliphatic heterocycles.